The Kier molecular flexibility index (Phi) is 36.5. The third-order valence-corrected chi connectivity index (χ3v) is 17.4. The molecule has 3 nitrogen and oxygen atoms in total. The summed E-state index contributed by atoms with van der Waals surface area (Å²) < 4.78 is 5.13. The maximum Gasteiger partial charge on any atom is 0.118 e. The number of likely N-dealkylation sites (tertiary alicyclic amines) is 2. The molecule has 1 saturated carbocycles. The van der Waals surface area contributed by atoms with Crippen LogP contribution in [0.15, 0.2) is 54.6 Å². The zero-order valence-electron chi connectivity index (χ0n) is 56.5. The van der Waals surface area contributed by atoms with E-state index in [4.69, 9.17) is 4.74 Å². The molecule has 2 heterocycles. The fourth-order valence-corrected chi connectivity index (χ4v) is 8.57. The summed E-state index contributed by atoms with van der Waals surface area (Å²) in [5, 5.41) is 0. The van der Waals surface area contributed by atoms with Gasteiger partial charge in [-0.15, -0.1) is 0 Å². The topological polar surface area (TPSA) is 15.7 Å². The molecule has 0 bridgehead atoms. The summed E-state index contributed by atoms with van der Waals surface area (Å²) >= 11 is 0. The molecule has 75 heavy (non-hydrogen) atoms. The number of hydrogen-bond acceptors (Lipinski definition) is 3. The second-order valence-electron chi connectivity index (χ2n) is 31.7. The Morgan fingerprint density at radius 2 is 0.773 bits per heavy atom. The van der Waals surface area contributed by atoms with Crippen LogP contribution < -0.4 is 4.74 Å². The lowest BCUT2D eigenvalue weighted by Crippen LogP contribution is -2.32. The molecule has 0 radical (unpaired) electrons. The molecular formula is C72H138N2O. The van der Waals surface area contributed by atoms with Crippen LogP contribution in [-0.4, -0.2) is 56.2 Å². The van der Waals surface area contributed by atoms with Gasteiger partial charge in [0.15, 0.2) is 0 Å². The van der Waals surface area contributed by atoms with Crippen LogP contribution in [0.4, 0.5) is 0 Å². The highest BCUT2D eigenvalue weighted by Gasteiger charge is 2.26. The summed E-state index contributed by atoms with van der Waals surface area (Å²) in [5.41, 5.74) is 6.09. The van der Waals surface area contributed by atoms with E-state index in [0.29, 0.717) is 49.7 Å². The molecule has 0 N–H and O–H groups in total. The van der Waals surface area contributed by atoms with Gasteiger partial charge in [0.05, 0.1) is 7.11 Å². The first-order valence-electron chi connectivity index (χ1n) is 31.3. The highest BCUT2D eigenvalue weighted by atomic mass is 16.5. The number of rotatable bonds is 8. The van der Waals surface area contributed by atoms with Gasteiger partial charge in [-0.25, -0.2) is 0 Å². The number of benzene rings is 2. The van der Waals surface area contributed by atoms with Gasteiger partial charge in [-0.3, -0.25) is 0 Å². The van der Waals surface area contributed by atoms with Crippen molar-refractivity contribution in [3.63, 3.8) is 0 Å². The third kappa shape index (κ3) is 40.1. The van der Waals surface area contributed by atoms with Gasteiger partial charge < -0.3 is 14.5 Å². The number of ether oxygens (including phenoxy) is 1. The predicted octanol–water partition coefficient (Wildman–Crippen LogP) is 22.9. The summed E-state index contributed by atoms with van der Waals surface area (Å²) in [4.78, 5) is 5.24. The molecule has 5 rings (SSSR count). The van der Waals surface area contributed by atoms with Crippen LogP contribution in [0, 0.1) is 55.7 Å². The quantitative estimate of drug-likeness (QED) is 0.262. The van der Waals surface area contributed by atoms with E-state index in [0.717, 1.165) is 23.5 Å². The summed E-state index contributed by atoms with van der Waals surface area (Å²) in [5.74, 6) is 4.76. The molecule has 3 aliphatic rings. The van der Waals surface area contributed by atoms with Crippen molar-refractivity contribution in [3.8, 4) is 5.75 Å². The molecule has 0 aromatic heterocycles. The number of nitrogens with zero attached hydrogens (tertiary/aromatic N) is 2. The Labute approximate surface area is 474 Å². The van der Waals surface area contributed by atoms with Crippen LogP contribution in [0.5, 0.6) is 5.75 Å². The van der Waals surface area contributed by atoms with Gasteiger partial charge in [-0.2, -0.15) is 0 Å². The molecule has 3 heteroatoms. The first kappa shape index (κ1) is 75.2. The predicted molar refractivity (Wildman–Crippen MR) is 343 cm³/mol. The van der Waals surface area contributed by atoms with E-state index >= 15 is 0 Å². The maximum atomic E-state index is 5.13. The minimum Gasteiger partial charge on any atom is -0.497 e. The molecule has 3 fully saturated rings. The molecule has 1 aliphatic carbocycles. The molecule has 3 atom stereocenters. The Bertz CT molecular complexity index is 1570. The molecule has 3 unspecified atom stereocenters. The minimum absolute atomic E-state index is 0.314. The van der Waals surface area contributed by atoms with Crippen molar-refractivity contribution in [1.29, 1.82) is 0 Å². The monoisotopic (exact) mass is 1050 g/mol. The van der Waals surface area contributed by atoms with E-state index < -0.39 is 0 Å². The molecule has 2 aliphatic heterocycles. The van der Waals surface area contributed by atoms with E-state index in [-0.39, 0.29) is 0 Å². The number of hydrogen-bond donors (Lipinski definition) is 0. The first-order valence-corrected chi connectivity index (χ1v) is 31.3. The summed E-state index contributed by atoms with van der Waals surface area (Å²) in [6.45, 7) is 70.0. The molecule has 0 amide bonds. The third-order valence-electron chi connectivity index (χ3n) is 17.4. The SMILES string of the molecule is CC(C)(C)C1CCCCC1.CC(C)(C)CCN1CCCCC1.CC(C)(C)CCN1CCCCC1.CC(C)C(C)(C)C.CC(c1ccccc1)C(C)(C)C.CCC(C)C(C)(C)C.COc1ccc(C(C)C(C)(C)C)cc1. The van der Waals surface area contributed by atoms with E-state index in [2.05, 4.69) is 239 Å². The molecular weight excluding hydrogens is 909 g/mol. The van der Waals surface area contributed by atoms with Gasteiger partial charge in [-0.05, 0) is 181 Å². The van der Waals surface area contributed by atoms with Crippen LogP contribution in [0.1, 0.15) is 300 Å². The molecule has 0 spiro atoms. The second kappa shape index (κ2) is 36.4. The van der Waals surface area contributed by atoms with E-state index in [1.165, 1.54) is 140 Å². The van der Waals surface area contributed by atoms with Gasteiger partial charge in [0.25, 0.3) is 0 Å². The van der Waals surface area contributed by atoms with Crippen molar-refractivity contribution in [2.45, 2.75) is 289 Å². The minimum atomic E-state index is 0.314. The van der Waals surface area contributed by atoms with Crippen LogP contribution in [-0.2, 0) is 0 Å². The van der Waals surface area contributed by atoms with Crippen molar-refractivity contribution in [1.82, 2.24) is 9.80 Å². The van der Waals surface area contributed by atoms with Gasteiger partial charge in [-0.1, -0.05) is 268 Å². The highest BCUT2D eigenvalue weighted by Crippen LogP contribution is 2.38. The van der Waals surface area contributed by atoms with E-state index in [9.17, 15) is 0 Å². The van der Waals surface area contributed by atoms with Crippen molar-refractivity contribution < 1.29 is 4.74 Å². The number of piperidine rings is 2. The fraction of sp³-hybridized carbons (Fsp3) is 0.833. The van der Waals surface area contributed by atoms with Crippen LogP contribution >= 0.6 is 0 Å². The summed E-state index contributed by atoms with van der Waals surface area (Å²) in [6, 6.07) is 19.0. The van der Waals surface area contributed by atoms with E-state index in [1.807, 2.05) is 12.1 Å². The van der Waals surface area contributed by atoms with E-state index in [1.54, 1.807) is 7.11 Å². The maximum absolute atomic E-state index is 5.13. The average molecular weight is 1050 g/mol. The Balaban J connectivity index is 0. The van der Waals surface area contributed by atoms with Crippen LogP contribution in [0.25, 0.3) is 0 Å². The molecule has 2 aromatic rings. The van der Waals surface area contributed by atoms with Crippen molar-refractivity contribution >= 4 is 0 Å². The zero-order chi connectivity index (χ0) is 58.5. The van der Waals surface area contributed by atoms with Crippen molar-refractivity contribution in [2.75, 3.05) is 46.4 Å². The Hall–Kier alpha value is -1.84. The number of methoxy groups -OCH3 is 1. The Morgan fingerprint density at radius 1 is 0.440 bits per heavy atom. The fourth-order valence-electron chi connectivity index (χ4n) is 8.57. The Morgan fingerprint density at radius 3 is 1.01 bits per heavy atom. The molecule has 2 saturated heterocycles. The van der Waals surface area contributed by atoms with Crippen LogP contribution in [0.2, 0.25) is 0 Å². The second-order valence-corrected chi connectivity index (χ2v) is 31.7. The zero-order valence-corrected chi connectivity index (χ0v) is 56.5. The van der Waals surface area contributed by atoms with Gasteiger partial charge >= 0.3 is 0 Å². The lowest BCUT2D eigenvalue weighted by Gasteiger charge is -2.33. The van der Waals surface area contributed by atoms with Crippen molar-refractivity contribution in [2.24, 2.45) is 55.7 Å². The lowest BCUT2D eigenvalue weighted by molar-refractivity contribution is 0.180. The lowest BCUT2D eigenvalue weighted by atomic mass is 9.72. The molecule has 2 aromatic carbocycles. The van der Waals surface area contributed by atoms with Gasteiger partial charge in [0.2, 0.25) is 0 Å². The summed E-state index contributed by atoms with van der Waals surface area (Å²) in [6.07, 6.45) is 19.9. The highest BCUT2D eigenvalue weighted by molar-refractivity contribution is 5.30. The van der Waals surface area contributed by atoms with Crippen LogP contribution in [0.3, 0.4) is 0 Å². The van der Waals surface area contributed by atoms with Crippen molar-refractivity contribution in [3.05, 3.63) is 65.7 Å². The normalized spacial score (nSPS) is 17.7. The van der Waals surface area contributed by atoms with Gasteiger partial charge in [0.1, 0.15) is 5.75 Å². The average Bonchev–Trinajstić information content (AvgIpc) is 3.32. The smallest absolute Gasteiger partial charge is 0.118 e. The standard InChI is InChI=1S/C13H20O.C12H18.2C11H23N.C10H20.C8H18.C7H16/c1-10(13(2,3)4)11-6-8-12(14-5)9-7-11;1-10(12(2,3)4)11-8-6-5-7-9-11;2*1-11(2,3)7-10-12-8-5-4-6-9-12;1-10(2,3)9-7-5-4-6-8-9;1-6-7(2)8(3,4)5;1-6(2)7(3,4)5/h6-10H,1-5H3;5-10H,1-4H3;2*4-10H2,1-3H3;9H,4-8H2,1-3H3;7H,6H2,1-5H3;6H,1-5H3. The summed E-state index contributed by atoms with van der Waals surface area (Å²) in [7, 11) is 1.70. The molecule has 442 valence electrons. The largest absolute Gasteiger partial charge is 0.497 e. The van der Waals surface area contributed by atoms with Gasteiger partial charge in [0, 0.05) is 0 Å². The first-order chi connectivity index (χ1) is 34.2.